The highest BCUT2D eigenvalue weighted by Gasteiger charge is 2.22. The van der Waals surface area contributed by atoms with E-state index in [-0.39, 0.29) is 6.67 Å². The third-order valence-corrected chi connectivity index (χ3v) is 8.37. The highest BCUT2D eigenvalue weighted by molar-refractivity contribution is 5.64. The predicted molar refractivity (Wildman–Crippen MR) is 141 cm³/mol. The molecule has 2 fully saturated rings. The van der Waals surface area contributed by atoms with Gasteiger partial charge in [-0.25, -0.2) is 0 Å². The Hall–Kier alpha value is -1.89. The molecular formula is C32H43F. The van der Waals surface area contributed by atoms with Gasteiger partial charge in [0, 0.05) is 0 Å². The van der Waals surface area contributed by atoms with Crippen LogP contribution in [0.1, 0.15) is 107 Å². The number of hydrogen-bond acceptors (Lipinski definition) is 0. The molecule has 0 atom stereocenters. The summed E-state index contributed by atoms with van der Waals surface area (Å²) in [5, 5.41) is 0. The van der Waals surface area contributed by atoms with Crippen molar-refractivity contribution in [2.24, 2.45) is 11.8 Å². The summed E-state index contributed by atoms with van der Waals surface area (Å²) in [4.78, 5) is 0. The lowest BCUT2D eigenvalue weighted by Crippen LogP contribution is -2.13. The van der Waals surface area contributed by atoms with E-state index in [0.29, 0.717) is 18.3 Å². The summed E-state index contributed by atoms with van der Waals surface area (Å²) in [6, 6.07) is 18.8. The molecule has 0 N–H and O–H groups in total. The van der Waals surface area contributed by atoms with Gasteiger partial charge in [0.15, 0.2) is 0 Å². The minimum atomic E-state index is -0.235. The maximum Gasteiger partial charge on any atom is 0.0928 e. The van der Waals surface area contributed by atoms with Crippen molar-refractivity contribution >= 4 is 0 Å². The second-order valence-electron chi connectivity index (χ2n) is 10.6. The molecule has 1 heteroatoms. The number of benzene rings is 2. The number of allylic oxidation sites excluding steroid dienone is 2. The van der Waals surface area contributed by atoms with Gasteiger partial charge in [0.05, 0.1) is 6.67 Å². The van der Waals surface area contributed by atoms with Crippen LogP contribution in [0.4, 0.5) is 4.39 Å². The number of alkyl halides is 1. The molecule has 0 aromatic heterocycles. The summed E-state index contributed by atoms with van der Waals surface area (Å²) in [7, 11) is 0. The molecular weight excluding hydrogens is 403 g/mol. The second-order valence-corrected chi connectivity index (χ2v) is 10.6. The van der Waals surface area contributed by atoms with Crippen LogP contribution in [0.15, 0.2) is 60.7 Å². The summed E-state index contributed by atoms with van der Waals surface area (Å²) in [5.41, 5.74) is 5.70. The molecule has 0 unspecified atom stereocenters. The number of rotatable bonds is 9. The van der Waals surface area contributed by atoms with Crippen LogP contribution in [-0.4, -0.2) is 6.67 Å². The first-order valence-corrected chi connectivity index (χ1v) is 13.7. The molecule has 0 radical (unpaired) electrons. The van der Waals surface area contributed by atoms with E-state index in [0.717, 1.165) is 11.8 Å². The van der Waals surface area contributed by atoms with Crippen LogP contribution in [-0.2, 0) is 0 Å². The van der Waals surface area contributed by atoms with Crippen molar-refractivity contribution in [3.63, 3.8) is 0 Å². The SMILES string of the molecule is CCCCC1CCC(c2ccc(-c3ccc(C4CCC(/C=C/CCF)CC4)cc3)cc2)CC1. The van der Waals surface area contributed by atoms with Crippen LogP contribution in [0.25, 0.3) is 11.1 Å². The lowest BCUT2D eigenvalue weighted by atomic mass is 9.77. The molecule has 0 saturated heterocycles. The molecule has 0 bridgehead atoms. The van der Waals surface area contributed by atoms with E-state index in [9.17, 15) is 4.39 Å². The Morgan fingerprint density at radius 1 is 0.727 bits per heavy atom. The Morgan fingerprint density at radius 2 is 1.24 bits per heavy atom. The van der Waals surface area contributed by atoms with E-state index >= 15 is 0 Å². The van der Waals surface area contributed by atoms with Crippen molar-refractivity contribution in [1.29, 1.82) is 0 Å². The molecule has 2 aromatic rings. The van der Waals surface area contributed by atoms with Gasteiger partial charge in [0.2, 0.25) is 0 Å². The molecule has 2 aliphatic carbocycles. The first kappa shape index (κ1) is 24.2. The largest absolute Gasteiger partial charge is 0.251 e. The molecule has 0 heterocycles. The fourth-order valence-corrected chi connectivity index (χ4v) is 6.17. The molecule has 0 amide bonds. The highest BCUT2D eigenvalue weighted by Crippen LogP contribution is 2.39. The number of halogens is 1. The average Bonchev–Trinajstić information content (AvgIpc) is 2.89. The molecule has 0 spiro atoms. The summed E-state index contributed by atoms with van der Waals surface area (Å²) in [6.45, 7) is 2.07. The average molecular weight is 447 g/mol. The quantitative estimate of drug-likeness (QED) is 0.336. The van der Waals surface area contributed by atoms with E-state index in [4.69, 9.17) is 0 Å². The third kappa shape index (κ3) is 6.81. The van der Waals surface area contributed by atoms with Crippen LogP contribution >= 0.6 is 0 Å². The summed E-state index contributed by atoms with van der Waals surface area (Å²) in [5.74, 6) is 3.07. The summed E-state index contributed by atoms with van der Waals surface area (Å²) < 4.78 is 12.3. The Balaban J connectivity index is 1.29. The number of unbranched alkanes of at least 4 members (excludes halogenated alkanes) is 1. The lowest BCUT2D eigenvalue weighted by Gasteiger charge is -2.29. The predicted octanol–water partition coefficient (Wildman–Crippen LogP) is 10.0. The van der Waals surface area contributed by atoms with Gasteiger partial charge in [0.1, 0.15) is 0 Å². The van der Waals surface area contributed by atoms with E-state index in [2.05, 4.69) is 61.5 Å². The van der Waals surface area contributed by atoms with Crippen LogP contribution in [0.3, 0.4) is 0 Å². The van der Waals surface area contributed by atoms with E-state index in [1.54, 1.807) is 5.56 Å². The minimum absolute atomic E-state index is 0.235. The van der Waals surface area contributed by atoms with Crippen molar-refractivity contribution in [3.8, 4) is 11.1 Å². The van der Waals surface area contributed by atoms with Gasteiger partial charge in [-0.2, -0.15) is 0 Å². The van der Waals surface area contributed by atoms with Crippen molar-refractivity contribution in [2.45, 2.75) is 95.8 Å². The molecule has 4 rings (SSSR count). The van der Waals surface area contributed by atoms with E-state index in [1.807, 2.05) is 6.08 Å². The molecule has 0 aliphatic heterocycles. The smallest absolute Gasteiger partial charge is 0.0928 e. The van der Waals surface area contributed by atoms with Crippen molar-refractivity contribution < 1.29 is 4.39 Å². The van der Waals surface area contributed by atoms with Gasteiger partial charge < -0.3 is 0 Å². The van der Waals surface area contributed by atoms with Crippen LogP contribution < -0.4 is 0 Å². The van der Waals surface area contributed by atoms with Gasteiger partial charge in [-0.05, 0) is 104 Å². The lowest BCUT2D eigenvalue weighted by molar-refractivity contribution is 0.304. The van der Waals surface area contributed by atoms with Gasteiger partial charge in [-0.3, -0.25) is 4.39 Å². The minimum Gasteiger partial charge on any atom is -0.251 e. The number of hydrogen-bond donors (Lipinski definition) is 0. The van der Waals surface area contributed by atoms with Gasteiger partial charge >= 0.3 is 0 Å². The standard InChI is InChI=1S/C32H43F/c1-2-3-6-25-8-12-27(13-9-25)29-16-20-31(21-17-29)32-22-18-30(19-23-32)28-14-10-26(11-15-28)7-4-5-24-33/h4,7,16-23,25-28H,2-3,5-6,8-15,24H2,1H3/b7-4+. The van der Waals surface area contributed by atoms with Crippen molar-refractivity contribution in [3.05, 3.63) is 71.8 Å². The first-order valence-electron chi connectivity index (χ1n) is 13.7. The normalized spacial score (nSPS) is 26.0. The fraction of sp³-hybridized carbons (Fsp3) is 0.562. The Morgan fingerprint density at radius 3 is 1.73 bits per heavy atom. The molecule has 0 nitrogen and oxygen atoms in total. The van der Waals surface area contributed by atoms with Crippen LogP contribution in [0.2, 0.25) is 0 Å². The highest BCUT2D eigenvalue weighted by atomic mass is 19.1. The molecule has 33 heavy (non-hydrogen) atoms. The van der Waals surface area contributed by atoms with Crippen LogP contribution in [0, 0.1) is 11.8 Å². The van der Waals surface area contributed by atoms with Crippen LogP contribution in [0.5, 0.6) is 0 Å². The summed E-state index contributed by atoms with van der Waals surface area (Å²) >= 11 is 0. The Bertz CT molecular complexity index is 831. The molecule has 2 aliphatic rings. The van der Waals surface area contributed by atoms with Gasteiger partial charge in [-0.1, -0.05) is 86.9 Å². The monoisotopic (exact) mass is 446 g/mol. The maximum absolute atomic E-state index is 12.3. The fourth-order valence-electron chi connectivity index (χ4n) is 6.17. The molecule has 178 valence electrons. The Kier molecular flexibility index (Phi) is 9.21. The van der Waals surface area contributed by atoms with Crippen molar-refractivity contribution in [1.82, 2.24) is 0 Å². The zero-order valence-corrected chi connectivity index (χ0v) is 20.7. The molecule has 2 saturated carbocycles. The van der Waals surface area contributed by atoms with Gasteiger partial charge in [0.25, 0.3) is 0 Å². The van der Waals surface area contributed by atoms with Crippen molar-refractivity contribution in [2.75, 3.05) is 6.67 Å². The van der Waals surface area contributed by atoms with E-state index < -0.39 is 0 Å². The summed E-state index contributed by atoms with van der Waals surface area (Å²) in [6.07, 6.45) is 19.6. The maximum atomic E-state index is 12.3. The zero-order chi connectivity index (χ0) is 22.9. The Labute approximate surface area is 201 Å². The van der Waals surface area contributed by atoms with E-state index in [1.165, 1.54) is 87.3 Å². The first-order chi connectivity index (χ1) is 16.3. The zero-order valence-electron chi connectivity index (χ0n) is 20.7. The topological polar surface area (TPSA) is 0 Å². The molecule has 2 aromatic carbocycles. The second kappa shape index (κ2) is 12.5. The van der Waals surface area contributed by atoms with Gasteiger partial charge in [-0.15, -0.1) is 0 Å². The third-order valence-electron chi connectivity index (χ3n) is 8.37.